The second-order valence-electron chi connectivity index (χ2n) is 7.25. The number of carbonyl (C=O) groups excluding carboxylic acids is 2. The number of imide groups is 1. The fourth-order valence-electron chi connectivity index (χ4n) is 3.57. The molecule has 3 aromatic rings. The molecule has 0 unspecified atom stereocenters. The number of amides is 3. The third kappa shape index (κ3) is 4.04. The molecule has 0 aliphatic carbocycles. The Balaban J connectivity index is 1.52. The average Bonchev–Trinajstić information content (AvgIpc) is 3.37. The molecule has 1 aromatic carbocycles. The molecule has 0 spiro atoms. The van der Waals surface area contributed by atoms with Gasteiger partial charge in [0.25, 0.3) is 5.91 Å². The molecular weight excluding hydrogens is 434 g/mol. The average molecular weight is 457 g/mol. The van der Waals surface area contributed by atoms with Gasteiger partial charge in [-0.05, 0) is 31.2 Å². The molecule has 4 atom stereocenters. The predicted molar refractivity (Wildman–Crippen MR) is 115 cm³/mol. The Morgan fingerprint density at radius 1 is 1.21 bits per heavy atom. The number of rotatable bonds is 5. The monoisotopic (exact) mass is 457 g/mol. The second-order valence-corrected chi connectivity index (χ2v) is 7.25. The molecule has 3 heterocycles. The number of methoxy groups -OCH3 is 1. The van der Waals surface area contributed by atoms with E-state index in [0.29, 0.717) is 11.4 Å². The summed E-state index contributed by atoms with van der Waals surface area (Å²) in [6, 6.07) is 5.84. The zero-order chi connectivity index (χ0) is 23.7. The van der Waals surface area contributed by atoms with E-state index in [0.717, 1.165) is 4.90 Å². The van der Waals surface area contributed by atoms with Gasteiger partial charge in [-0.1, -0.05) is 0 Å². The van der Waals surface area contributed by atoms with Gasteiger partial charge in [0.15, 0.2) is 23.8 Å². The van der Waals surface area contributed by atoms with E-state index in [1.807, 2.05) is 0 Å². The number of fused-ring (bicyclic) bond motifs is 1. The van der Waals surface area contributed by atoms with E-state index in [-0.39, 0.29) is 23.5 Å². The van der Waals surface area contributed by atoms with E-state index in [9.17, 15) is 19.8 Å². The molecule has 1 saturated heterocycles. The Hall–Kier alpha value is -3.81. The molecule has 4 rings (SSSR count). The first-order valence-electron chi connectivity index (χ1n) is 10.1. The van der Waals surface area contributed by atoms with Crippen molar-refractivity contribution in [3.05, 3.63) is 36.9 Å². The number of ether oxygens (including phenoxy) is 2. The molecule has 1 fully saturated rings. The summed E-state index contributed by atoms with van der Waals surface area (Å²) in [5.41, 5.74) is 6.77. The Morgan fingerprint density at radius 2 is 1.94 bits per heavy atom. The van der Waals surface area contributed by atoms with E-state index in [1.165, 1.54) is 24.3 Å². The molecule has 2 aromatic heterocycles. The molecule has 174 valence electrons. The highest BCUT2D eigenvalue weighted by atomic mass is 16.6. The summed E-state index contributed by atoms with van der Waals surface area (Å²) in [7, 11) is 1.52. The van der Waals surface area contributed by atoms with Crippen LogP contribution in [0, 0.1) is 0 Å². The quantitative estimate of drug-likeness (QED) is 0.411. The zero-order valence-corrected chi connectivity index (χ0v) is 17.8. The molecule has 0 saturated carbocycles. The Bertz CT molecular complexity index is 1170. The highest BCUT2D eigenvalue weighted by Crippen LogP contribution is 2.33. The van der Waals surface area contributed by atoms with Crippen molar-refractivity contribution >= 4 is 34.6 Å². The maximum absolute atomic E-state index is 13.1. The Labute approximate surface area is 187 Å². The number of hydrogen-bond acceptors (Lipinski definition) is 10. The van der Waals surface area contributed by atoms with Gasteiger partial charge in [-0.25, -0.2) is 19.7 Å². The van der Waals surface area contributed by atoms with Gasteiger partial charge >= 0.3 is 6.03 Å². The van der Waals surface area contributed by atoms with Gasteiger partial charge < -0.3 is 30.7 Å². The summed E-state index contributed by atoms with van der Waals surface area (Å²) in [5, 5.41) is 23.7. The molecule has 0 bridgehead atoms. The number of urea groups is 1. The fraction of sp³-hybridized carbons (Fsp3) is 0.350. The zero-order valence-electron chi connectivity index (χ0n) is 17.8. The number of nitrogens with one attached hydrogen (secondary N) is 1. The number of nitrogens with two attached hydrogens (primary N) is 1. The van der Waals surface area contributed by atoms with E-state index in [4.69, 9.17) is 15.2 Å². The first-order chi connectivity index (χ1) is 15.8. The van der Waals surface area contributed by atoms with Crippen LogP contribution in [-0.4, -0.2) is 78.5 Å². The summed E-state index contributed by atoms with van der Waals surface area (Å²) in [6.45, 7) is 1.61. The molecule has 33 heavy (non-hydrogen) atoms. The third-order valence-corrected chi connectivity index (χ3v) is 5.31. The number of aliphatic hydroxyl groups is 2. The molecule has 13 nitrogen and oxygen atoms in total. The van der Waals surface area contributed by atoms with Crippen molar-refractivity contribution in [1.82, 2.24) is 24.4 Å². The number of nitrogen functional groups attached to an aromatic ring is 1. The van der Waals surface area contributed by atoms with Gasteiger partial charge in [0.1, 0.15) is 29.8 Å². The number of nitrogens with zero attached hydrogens (tertiary/aromatic N) is 5. The highest BCUT2D eigenvalue weighted by Gasteiger charge is 2.49. The van der Waals surface area contributed by atoms with Gasteiger partial charge in [0.2, 0.25) is 0 Å². The lowest BCUT2D eigenvalue weighted by Crippen LogP contribution is -2.49. The summed E-state index contributed by atoms with van der Waals surface area (Å²) < 4.78 is 12.1. The van der Waals surface area contributed by atoms with Crippen LogP contribution >= 0.6 is 0 Å². The van der Waals surface area contributed by atoms with E-state index >= 15 is 0 Å². The number of anilines is 2. The minimum atomic E-state index is -1.60. The van der Waals surface area contributed by atoms with Crippen molar-refractivity contribution in [3.8, 4) is 5.75 Å². The first kappa shape index (κ1) is 22.4. The Kier molecular flexibility index (Phi) is 6.09. The standard InChI is InChI=1S/C20H23N7O6/c1-3-26(20(31)25-10-4-6-11(32-2)7-5-10)18(30)15-13(28)14(29)19(33-15)27-9-24-12-16(21)22-8-23-17(12)27/h4-9,13-15,19,28-29H,3H2,1-2H3,(H,25,31)(H2,21,22,23)/t13-,14+,15-,19+/m0/s1. The van der Waals surface area contributed by atoms with Gasteiger partial charge in [0, 0.05) is 12.2 Å². The van der Waals surface area contributed by atoms with Crippen molar-refractivity contribution in [2.24, 2.45) is 0 Å². The first-order valence-corrected chi connectivity index (χ1v) is 10.1. The molecule has 1 aliphatic rings. The summed E-state index contributed by atoms with van der Waals surface area (Å²) in [6.07, 6.45) is -3.23. The summed E-state index contributed by atoms with van der Waals surface area (Å²) >= 11 is 0. The van der Waals surface area contributed by atoms with Gasteiger partial charge in [0.05, 0.1) is 13.4 Å². The maximum Gasteiger partial charge on any atom is 0.328 e. The number of likely N-dealkylation sites (N-methyl/N-ethyl adjacent to an activating group) is 1. The molecule has 1 aliphatic heterocycles. The lowest BCUT2D eigenvalue weighted by atomic mass is 10.1. The summed E-state index contributed by atoms with van der Waals surface area (Å²) in [5.74, 6) is -0.0686. The molecule has 0 radical (unpaired) electrons. The SMILES string of the molecule is CCN(C(=O)Nc1ccc(OC)cc1)C(=O)[C@H]1O[C@@H](n2cnc3c(N)ncnc32)[C@H](O)[C@@H]1O. The van der Waals surface area contributed by atoms with Crippen molar-refractivity contribution in [1.29, 1.82) is 0 Å². The minimum Gasteiger partial charge on any atom is -0.497 e. The van der Waals surface area contributed by atoms with Crippen LogP contribution in [0.1, 0.15) is 13.2 Å². The Morgan fingerprint density at radius 3 is 2.61 bits per heavy atom. The smallest absolute Gasteiger partial charge is 0.328 e. The third-order valence-electron chi connectivity index (χ3n) is 5.31. The fourth-order valence-corrected chi connectivity index (χ4v) is 3.57. The number of benzene rings is 1. The maximum atomic E-state index is 13.1. The van der Waals surface area contributed by atoms with Crippen LogP contribution in [0.3, 0.4) is 0 Å². The second kappa shape index (κ2) is 8.97. The van der Waals surface area contributed by atoms with Crippen LogP contribution in [0.25, 0.3) is 11.2 Å². The van der Waals surface area contributed by atoms with Gasteiger partial charge in [-0.15, -0.1) is 0 Å². The van der Waals surface area contributed by atoms with Gasteiger partial charge in [-0.3, -0.25) is 14.3 Å². The number of aromatic nitrogens is 4. The van der Waals surface area contributed by atoms with Gasteiger partial charge in [-0.2, -0.15) is 0 Å². The van der Waals surface area contributed by atoms with E-state index in [1.54, 1.807) is 31.2 Å². The predicted octanol–water partition coefficient (Wildman–Crippen LogP) is 0.117. The van der Waals surface area contributed by atoms with Crippen LogP contribution in [0.2, 0.25) is 0 Å². The normalized spacial score (nSPS) is 22.3. The van der Waals surface area contributed by atoms with Crippen LogP contribution in [-0.2, 0) is 9.53 Å². The topological polar surface area (TPSA) is 178 Å². The van der Waals surface area contributed by atoms with Crippen LogP contribution in [0.4, 0.5) is 16.3 Å². The molecular formula is C20H23N7O6. The lowest BCUT2D eigenvalue weighted by molar-refractivity contribution is -0.145. The number of aliphatic hydroxyl groups excluding tert-OH is 2. The van der Waals surface area contributed by atoms with Crippen LogP contribution in [0.5, 0.6) is 5.75 Å². The molecule has 13 heteroatoms. The largest absolute Gasteiger partial charge is 0.497 e. The number of carbonyl (C=O) groups is 2. The molecule has 3 amide bonds. The number of hydrogen-bond donors (Lipinski definition) is 4. The number of imidazole rings is 1. The lowest BCUT2D eigenvalue weighted by Gasteiger charge is -2.24. The molecule has 5 N–H and O–H groups in total. The van der Waals surface area contributed by atoms with E-state index < -0.39 is 36.5 Å². The summed E-state index contributed by atoms with van der Waals surface area (Å²) in [4.78, 5) is 38.7. The van der Waals surface area contributed by atoms with Crippen molar-refractivity contribution in [2.45, 2.75) is 31.5 Å². The van der Waals surface area contributed by atoms with Crippen molar-refractivity contribution in [2.75, 3.05) is 24.7 Å². The van der Waals surface area contributed by atoms with Crippen molar-refractivity contribution in [3.63, 3.8) is 0 Å². The minimum absolute atomic E-state index is 0.00588. The van der Waals surface area contributed by atoms with E-state index in [2.05, 4.69) is 20.3 Å². The van der Waals surface area contributed by atoms with Crippen LogP contribution < -0.4 is 15.8 Å². The van der Waals surface area contributed by atoms with Crippen LogP contribution in [0.15, 0.2) is 36.9 Å². The highest BCUT2D eigenvalue weighted by molar-refractivity contribution is 6.03. The van der Waals surface area contributed by atoms with Crippen molar-refractivity contribution < 1.29 is 29.3 Å².